The molecule has 0 radical (unpaired) electrons. The number of hydrogen-bond donors (Lipinski definition) is 2. The van der Waals surface area contributed by atoms with Gasteiger partial charge in [0.15, 0.2) is 5.65 Å². The maximum atomic E-state index is 12.4. The molecule has 4 aromatic rings. The topological polar surface area (TPSA) is 106 Å². The molecule has 0 atom stereocenters. The smallest absolute Gasteiger partial charge is 0.240 e. The van der Waals surface area contributed by atoms with Crippen LogP contribution in [0.15, 0.2) is 41.1 Å². The first kappa shape index (κ1) is 23.1. The van der Waals surface area contributed by atoms with Crippen LogP contribution in [0.25, 0.3) is 22.6 Å². The maximum Gasteiger partial charge on any atom is 0.240 e. The first-order valence-corrected chi connectivity index (χ1v) is 11.8. The second kappa shape index (κ2) is 9.55. The van der Waals surface area contributed by atoms with Gasteiger partial charge >= 0.3 is 0 Å². The van der Waals surface area contributed by atoms with Crippen LogP contribution in [0.2, 0.25) is 5.02 Å². The highest BCUT2D eigenvalue weighted by Gasteiger charge is 2.24. The molecule has 1 aliphatic heterocycles. The van der Waals surface area contributed by atoms with Crippen LogP contribution >= 0.6 is 11.6 Å². The number of halogens is 1. The van der Waals surface area contributed by atoms with Gasteiger partial charge in [-0.25, -0.2) is 9.97 Å². The van der Waals surface area contributed by atoms with Crippen molar-refractivity contribution in [1.29, 1.82) is 0 Å². The van der Waals surface area contributed by atoms with Crippen molar-refractivity contribution in [1.82, 2.24) is 25.0 Å². The van der Waals surface area contributed by atoms with Gasteiger partial charge in [-0.05, 0) is 31.2 Å². The first-order chi connectivity index (χ1) is 16.9. The van der Waals surface area contributed by atoms with Gasteiger partial charge in [0.05, 0.1) is 29.1 Å². The molecule has 11 heteroatoms. The highest BCUT2D eigenvalue weighted by molar-refractivity contribution is 6.34. The number of fused-ring (bicyclic) bond motifs is 1. The lowest BCUT2D eigenvalue weighted by Gasteiger charge is -2.36. The van der Waals surface area contributed by atoms with E-state index in [1.165, 1.54) is 0 Å². The number of piperazine rings is 1. The van der Waals surface area contributed by atoms with Crippen LogP contribution in [0.3, 0.4) is 0 Å². The van der Waals surface area contributed by atoms with Crippen molar-refractivity contribution in [2.45, 2.75) is 6.92 Å². The molecule has 182 valence electrons. The quantitative estimate of drug-likeness (QED) is 0.420. The van der Waals surface area contributed by atoms with Gasteiger partial charge in [-0.3, -0.25) is 15.0 Å². The number of rotatable bonds is 6. The molecular formula is C24H27ClN8O2. The number of anilines is 3. The van der Waals surface area contributed by atoms with E-state index >= 15 is 0 Å². The number of pyridine rings is 1. The number of H-pyrrole nitrogens is 1. The van der Waals surface area contributed by atoms with Gasteiger partial charge in [0.1, 0.15) is 11.3 Å². The Hall–Kier alpha value is -3.63. The second-order valence-corrected chi connectivity index (χ2v) is 9.23. The van der Waals surface area contributed by atoms with E-state index < -0.39 is 0 Å². The minimum Gasteiger partial charge on any atom is -0.378 e. The summed E-state index contributed by atoms with van der Waals surface area (Å²) >= 11 is 6.61. The third kappa shape index (κ3) is 4.94. The maximum absolute atomic E-state index is 12.4. The van der Waals surface area contributed by atoms with Gasteiger partial charge in [0.2, 0.25) is 11.8 Å². The molecule has 1 saturated heterocycles. The lowest BCUT2D eigenvalue weighted by atomic mass is 10.2. The lowest BCUT2D eigenvalue weighted by Crippen LogP contribution is -2.48. The van der Waals surface area contributed by atoms with Crippen LogP contribution in [0.5, 0.6) is 0 Å². The molecule has 1 aliphatic rings. The third-order valence-electron chi connectivity index (χ3n) is 6.05. The fraction of sp³-hybridized carbons (Fsp3) is 0.333. The number of aromatic nitrogens is 4. The fourth-order valence-electron chi connectivity index (χ4n) is 4.22. The summed E-state index contributed by atoms with van der Waals surface area (Å²) < 4.78 is 5.06. The summed E-state index contributed by atoms with van der Waals surface area (Å²) in [4.78, 5) is 31.3. The van der Waals surface area contributed by atoms with Gasteiger partial charge in [-0.2, -0.15) is 0 Å². The molecule has 5 rings (SSSR count). The molecular weight excluding hydrogens is 468 g/mol. The van der Waals surface area contributed by atoms with E-state index in [1.54, 1.807) is 12.3 Å². The van der Waals surface area contributed by atoms with Crippen molar-refractivity contribution in [3.8, 4) is 11.4 Å². The Balaban J connectivity index is 1.29. The lowest BCUT2D eigenvalue weighted by molar-refractivity contribution is -0.117. The molecule has 1 aromatic carbocycles. The SMILES string of the molecule is Cc1cc(NC(=O)CN2CCN(c3c(Cl)cnc4nc(-c5ccc(N(C)C)cc5)[nH]c34)CC2)on1. The Labute approximate surface area is 207 Å². The van der Waals surface area contributed by atoms with Crippen molar-refractivity contribution < 1.29 is 9.32 Å². The molecule has 10 nitrogen and oxygen atoms in total. The van der Waals surface area contributed by atoms with Crippen LogP contribution in [0, 0.1) is 6.92 Å². The number of hydrogen-bond acceptors (Lipinski definition) is 8. The Kier molecular flexibility index (Phi) is 6.31. The summed E-state index contributed by atoms with van der Waals surface area (Å²) in [6, 6.07) is 9.89. The molecule has 35 heavy (non-hydrogen) atoms. The predicted molar refractivity (Wildman–Crippen MR) is 137 cm³/mol. The minimum atomic E-state index is -0.127. The molecule has 0 spiro atoms. The summed E-state index contributed by atoms with van der Waals surface area (Å²) in [6.07, 6.45) is 1.65. The number of carbonyl (C=O) groups is 1. The zero-order valence-electron chi connectivity index (χ0n) is 19.9. The molecule has 1 fully saturated rings. The van der Waals surface area contributed by atoms with E-state index in [4.69, 9.17) is 21.1 Å². The van der Waals surface area contributed by atoms with Gasteiger partial charge in [-0.1, -0.05) is 16.8 Å². The van der Waals surface area contributed by atoms with Crippen LogP contribution in [0.1, 0.15) is 5.69 Å². The average molecular weight is 495 g/mol. The number of nitrogens with zero attached hydrogens (tertiary/aromatic N) is 6. The summed E-state index contributed by atoms with van der Waals surface area (Å²) in [5.41, 5.74) is 5.16. The van der Waals surface area contributed by atoms with E-state index in [0.717, 1.165) is 60.2 Å². The standard InChI is InChI=1S/C24H27ClN8O2/c1-15-12-20(35-30-15)27-19(34)14-32-8-10-33(11-9-32)22-18(25)13-26-24-21(22)28-23(29-24)16-4-6-17(7-5-16)31(2)3/h4-7,12-13H,8-11,14H2,1-3H3,(H,27,34)(H,26,28,29). The number of amides is 1. The molecule has 0 bridgehead atoms. The van der Waals surface area contributed by atoms with Gasteiger partial charge in [-0.15, -0.1) is 0 Å². The number of aromatic amines is 1. The van der Waals surface area contributed by atoms with E-state index in [-0.39, 0.29) is 12.5 Å². The third-order valence-corrected chi connectivity index (χ3v) is 6.33. The average Bonchev–Trinajstić information content (AvgIpc) is 3.45. The van der Waals surface area contributed by atoms with Crippen molar-refractivity contribution in [3.63, 3.8) is 0 Å². The number of nitrogens with one attached hydrogen (secondary N) is 2. The zero-order chi connectivity index (χ0) is 24.5. The number of benzene rings is 1. The predicted octanol–water partition coefficient (Wildman–Crippen LogP) is 3.40. The zero-order valence-corrected chi connectivity index (χ0v) is 20.6. The number of imidazole rings is 1. The summed E-state index contributed by atoms with van der Waals surface area (Å²) in [6.45, 7) is 4.97. The Morgan fingerprint density at radius 2 is 1.94 bits per heavy atom. The van der Waals surface area contributed by atoms with Gasteiger partial charge < -0.3 is 19.3 Å². The molecule has 0 unspecified atom stereocenters. The largest absolute Gasteiger partial charge is 0.378 e. The van der Waals surface area contributed by atoms with E-state index in [0.29, 0.717) is 16.6 Å². The highest BCUT2D eigenvalue weighted by Crippen LogP contribution is 2.34. The molecule has 2 N–H and O–H groups in total. The summed E-state index contributed by atoms with van der Waals surface area (Å²) in [5.74, 6) is 0.986. The summed E-state index contributed by atoms with van der Waals surface area (Å²) in [5, 5.41) is 7.10. The molecule has 4 heterocycles. The normalized spacial score (nSPS) is 14.5. The monoisotopic (exact) mass is 494 g/mol. The van der Waals surface area contributed by atoms with E-state index in [2.05, 4.69) is 47.3 Å². The van der Waals surface area contributed by atoms with Crippen molar-refractivity contribution in [2.75, 3.05) is 61.9 Å². The van der Waals surface area contributed by atoms with E-state index in [1.807, 2.05) is 33.2 Å². The van der Waals surface area contributed by atoms with E-state index in [9.17, 15) is 4.79 Å². The Bertz CT molecular complexity index is 1340. The summed E-state index contributed by atoms with van der Waals surface area (Å²) in [7, 11) is 4.02. The van der Waals surface area contributed by atoms with Crippen LogP contribution in [0.4, 0.5) is 17.3 Å². The van der Waals surface area contributed by atoms with Gasteiger partial charge in [0, 0.05) is 57.6 Å². The highest BCUT2D eigenvalue weighted by atomic mass is 35.5. The second-order valence-electron chi connectivity index (χ2n) is 8.82. The first-order valence-electron chi connectivity index (χ1n) is 11.4. The number of aryl methyl sites for hydroxylation is 1. The van der Waals surface area contributed by atoms with Gasteiger partial charge in [0.25, 0.3) is 0 Å². The molecule has 3 aromatic heterocycles. The Morgan fingerprint density at radius 1 is 1.20 bits per heavy atom. The van der Waals surface area contributed by atoms with Crippen molar-refractivity contribution >= 4 is 45.9 Å². The van der Waals surface area contributed by atoms with Crippen LogP contribution < -0.4 is 15.1 Å². The minimum absolute atomic E-state index is 0.127. The molecule has 0 saturated carbocycles. The van der Waals surface area contributed by atoms with Crippen LogP contribution in [-0.4, -0.2) is 77.7 Å². The number of carbonyl (C=O) groups excluding carboxylic acids is 1. The Morgan fingerprint density at radius 3 is 2.60 bits per heavy atom. The van der Waals surface area contributed by atoms with Crippen LogP contribution in [-0.2, 0) is 4.79 Å². The van der Waals surface area contributed by atoms with Crippen molar-refractivity contribution in [2.24, 2.45) is 0 Å². The molecule has 0 aliphatic carbocycles. The fourth-order valence-corrected chi connectivity index (χ4v) is 4.48. The van der Waals surface area contributed by atoms with Crippen molar-refractivity contribution in [3.05, 3.63) is 47.2 Å². The molecule has 1 amide bonds.